The molecule has 0 aromatic heterocycles. The van der Waals surface area contributed by atoms with E-state index in [0.29, 0.717) is 0 Å². The minimum atomic E-state index is -0.944. The molecule has 0 saturated heterocycles. The van der Waals surface area contributed by atoms with Crippen LogP contribution in [0.3, 0.4) is 0 Å². The maximum Gasteiger partial charge on any atom is 1.00 e. The van der Waals surface area contributed by atoms with E-state index in [9.17, 15) is 9.90 Å². The third kappa shape index (κ3) is 14.9. The van der Waals surface area contributed by atoms with Gasteiger partial charge >= 0.3 is 29.6 Å². The van der Waals surface area contributed by atoms with Crippen LogP contribution >= 0.6 is 0 Å². The first-order valence-electron chi connectivity index (χ1n) is 5.08. The topological polar surface area (TPSA) is 60.4 Å². The summed E-state index contributed by atoms with van der Waals surface area (Å²) in [6.45, 7) is 0.282. The molecule has 1 N–H and O–H groups in total. The molecule has 0 aromatic carbocycles. The Hall–Kier alpha value is 0.430. The molecule has 0 aromatic rings. The minimum absolute atomic E-state index is 0. The summed E-state index contributed by atoms with van der Waals surface area (Å²) in [6, 6.07) is 0. The summed E-state index contributed by atoms with van der Waals surface area (Å²) in [4.78, 5) is 10.0. The van der Waals surface area contributed by atoms with E-state index in [1.165, 1.54) is 0 Å². The fraction of sp³-hybridized carbons (Fsp3) is 0.900. The quantitative estimate of drug-likeness (QED) is 0.349. The van der Waals surface area contributed by atoms with Crippen molar-refractivity contribution in [3.63, 3.8) is 0 Å². The fourth-order valence-corrected chi connectivity index (χ4v) is 1.27. The van der Waals surface area contributed by atoms with E-state index in [0.717, 1.165) is 44.9 Å². The third-order valence-electron chi connectivity index (χ3n) is 2.04. The Bertz CT molecular complexity index is 129. The van der Waals surface area contributed by atoms with Gasteiger partial charge in [0.05, 0.1) is 0 Å². The maximum absolute atomic E-state index is 10.0. The molecule has 0 aliphatic carbocycles. The molecule has 0 aliphatic rings. The Labute approximate surface area is 108 Å². The van der Waals surface area contributed by atoms with Crippen LogP contribution in [0, 0.1) is 0 Å². The largest absolute Gasteiger partial charge is 1.00 e. The molecule has 0 spiro atoms. The van der Waals surface area contributed by atoms with Crippen molar-refractivity contribution in [2.75, 3.05) is 6.61 Å². The van der Waals surface area contributed by atoms with Crippen LogP contribution in [0.1, 0.15) is 51.4 Å². The zero-order chi connectivity index (χ0) is 9.94. The van der Waals surface area contributed by atoms with E-state index in [-0.39, 0.29) is 42.6 Å². The van der Waals surface area contributed by atoms with Crippen LogP contribution in [0.15, 0.2) is 0 Å². The standard InChI is InChI=1S/C10H20O3.Na/c11-9-7-5-3-1-2-4-6-8-10(12)13;/h11H,1-9H2,(H,12,13);/q;+1/p-1. The first kappa shape index (κ1) is 16.8. The summed E-state index contributed by atoms with van der Waals surface area (Å²) >= 11 is 0. The van der Waals surface area contributed by atoms with Crippen LogP contribution in [0.2, 0.25) is 0 Å². The monoisotopic (exact) mass is 210 g/mol. The molecule has 0 amide bonds. The van der Waals surface area contributed by atoms with Crippen molar-refractivity contribution in [3.05, 3.63) is 0 Å². The van der Waals surface area contributed by atoms with E-state index >= 15 is 0 Å². The van der Waals surface area contributed by atoms with Gasteiger partial charge in [0.25, 0.3) is 0 Å². The van der Waals surface area contributed by atoms with Gasteiger partial charge in [0, 0.05) is 12.6 Å². The summed E-state index contributed by atoms with van der Waals surface area (Å²) in [5, 5.41) is 18.5. The van der Waals surface area contributed by atoms with Crippen molar-refractivity contribution in [1.82, 2.24) is 0 Å². The number of carboxylic acid groups (broad SMARTS) is 1. The zero-order valence-electron chi connectivity index (χ0n) is 9.13. The molecule has 0 saturated carbocycles. The maximum atomic E-state index is 10.0. The molecule has 0 heterocycles. The number of carbonyl (C=O) groups is 1. The van der Waals surface area contributed by atoms with E-state index in [1.807, 2.05) is 0 Å². The Morgan fingerprint density at radius 2 is 1.36 bits per heavy atom. The van der Waals surface area contributed by atoms with Gasteiger partial charge in [0.1, 0.15) is 0 Å². The van der Waals surface area contributed by atoms with Crippen LogP contribution < -0.4 is 34.7 Å². The molecule has 3 nitrogen and oxygen atoms in total. The number of hydrogen-bond donors (Lipinski definition) is 1. The molecule has 4 heteroatoms. The second-order valence-electron chi connectivity index (χ2n) is 3.32. The molecule has 78 valence electrons. The first-order valence-corrected chi connectivity index (χ1v) is 5.08. The van der Waals surface area contributed by atoms with Gasteiger partial charge < -0.3 is 15.0 Å². The molecule has 0 bridgehead atoms. The van der Waals surface area contributed by atoms with Gasteiger partial charge in [-0.25, -0.2) is 0 Å². The van der Waals surface area contributed by atoms with Crippen LogP contribution in [0.25, 0.3) is 0 Å². The van der Waals surface area contributed by atoms with Crippen LogP contribution in [0.4, 0.5) is 0 Å². The molecule has 0 unspecified atom stereocenters. The molecule has 0 radical (unpaired) electrons. The van der Waals surface area contributed by atoms with E-state index in [1.54, 1.807) is 0 Å². The smallest absolute Gasteiger partial charge is 0.550 e. The SMILES string of the molecule is O=C([O-])CCCCCCCCCO.[Na+]. The molecular formula is C10H19NaO3. The molecule has 0 fully saturated rings. The van der Waals surface area contributed by atoms with Crippen molar-refractivity contribution in [2.45, 2.75) is 51.4 Å². The number of carbonyl (C=O) groups excluding carboxylic acids is 1. The molecular weight excluding hydrogens is 191 g/mol. The van der Waals surface area contributed by atoms with Crippen LogP contribution in [-0.4, -0.2) is 17.7 Å². The molecule has 0 rings (SSSR count). The summed E-state index contributed by atoms with van der Waals surface area (Å²) in [5.74, 6) is -0.944. The number of carboxylic acids is 1. The Kier molecular flexibility index (Phi) is 16.2. The average molecular weight is 210 g/mol. The van der Waals surface area contributed by atoms with Crippen molar-refractivity contribution in [1.29, 1.82) is 0 Å². The Morgan fingerprint density at radius 3 is 1.79 bits per heavy atom. The van der Waals surface area contributed by atoms with Gasteiger partial charge in [-0.1, -0.05) is 32.1 Å². The number of aliphatic carboxylic acids is 1. The van der Waals surface area contributed by atoms with Crippen molar-refractivity contribution in [2.24, 2.45) is 0 Å². The predicted octanol–water partition coefficient (Wildman–Crippen LogP) is -2.15. The van der Waals surface area contributed by atoms with Gasteiger partial charge in [-0.2, -0.15) is 0 Å². The van der Waals surface area contributed by atoms with Crippen molar-refractivity contribution in [3.8, 4) is 0 Å². The summed E-state index contributed by atoms with van der Waals surface area (Å²) in [7, 11) is 0. The number of unbranched alkanes of at least 4 members (excludes halogenated alkanes) is 6. The number of rotatable bonds is 9. The predicted molar refractivity (Wildman–Crippen MR) is 49.0 cm³/mol. The average Bonchev–Trinajstić information content (AvgIpc) is 2.09. The van der Waals surface area contributed by atoms with Gasteiger partial charge in [0.2, 0.25) is 0 Å². The fourth-order valence-electron chi connectivity index (χ4n) is 1.27. The molecule has 0 aliphatic heterocycles. The van der Waals surface area contributed by atoms with E-state index in [2.05, 4.69) is 0 Å². The second kappa shape index (κ2) is 13.4. The van der Waals surface area contributed by atoms with Crippen molar-refractivity contribution < 1.29 is 44.6 Å². The third-order valence-corrected chi connectivity index (χ3v) is 2.04. The van der Waals surface area contributed by atoms with Crippen molar-refractivity contribution >= 4 is 5.97 Å². The Balaban J connectivity index is 0. The van der Waals surface area contributed by atoms with Gasteiger partial charge in [-0.15, -0.1) is 0 Å². The number of aliphatic hydroxyl groups excluding tert-OH is 1. The Morgan fingerprint density at radius 1 is 0.929 bits per heavy atom. The minimum Gasteiger partial charge on any atom is -0.550 e. The molecule has 0 atom stereocenters. The second-order valence-corrected chi connectivity index (χ2v) is 3.32. The van der Waals surface area contributed by atoms with Crippen LogP contribution in [0.5, 0.6) is 0 Å². The summed E-state index contributed by atoms with van der Waals surface area (Å²) < 4.78 is 0. The van der Waals surface area contributed by atoms with E-state index in [4.69, 9.17) is 5.11 Å². The van der Waals surface area contributed by atoms with Gasteiger partial charge in [-0.3, -0.25) is 0 Å². The number of aliphatic hydroxyl groups is 1. The normalized spacial score (nSPS) is 9.50. The number of hydrogen-bond acceptors (Lipinski definition) is 3. The van der Waals surface area contributed by atoms with E-state index < -0.39 is 5.97 Å². The van der Waals surface area contributed by atoms with Gasteiger partial charge in [-0.05, 0) is 19.3 Å². The van der Waals surface area contributed by atoms with Crippen LogP contribution in [-0.2, 0) is 4.79 Å². The van der Waals surface area contributed by atoms with Gasteiger partial charge in [0.15, 0.2) is 0 Å². The first-order chi connectivity index (χ1) is 6.27. The summed E-state index contributed by atoms with van der Waals surface area (Å²) in [5.41, 5.74) is 0. The zero-order valence-corrected chi connectivity index (χ0v) is 11.1. The summed E-state index contributed by atoms with van der Waals surface area (Å²) in [6.07, 6.45) is 7.26. The molecule has 14 heavy (non-hydrogen) atoms.